The summed E-state index contributed by atoms with van der Waals surface area (Å²) in [6.07, 6.45) is 7.15. The molecular formula is C51H31N7. The number of fused-ring (bicyclic) bond motifs is 6. The molecule has 11 rings (SSSR count). The van der Waals surface area contributed by atoms with Crippen LogP contribution in [0.5, 0.6) is 0 Å². The fourth-order valence-corrected chi connectivity index (χ4v) is 8.66. The summed E-state index contributed by atoms with van der Waals surface area (Å²) in [6, 6.07) is 58.3. The van der Waals surface area contributed by atoms with Gasteiger partial charge in [-0.2, -0.15) is 5.26 Å². The van der Waals surface area contributed by atoms with Crippen LogP contribution >= 0.6 is 0 Å². The van der Waals surface area contributed by atoms with Crippen molar-refractivity contribution in [3.63, 3.8) is 0 Å². The molecule has 0 unspecified atom stereocenters. The fraction of sp³-hybridized carbons (Fsp3) is 0. The average Bonchev–Trinajstić information content (AvgIpc) is 3.80. The molecule has 11 aromatic rings. The van der Waals surface area contributed by atoms with Crippen LogP contribution < -0.4 is 0 Å². The molecule has 0 saturated carbocycles. The largest absolute Gasteiger partial charge is 0.309 e. The van der Waals surface area contributed by atoms with Crippen molar-refractivity contribution in [1.82, 2.24) is 29.1 Å². The lowest BCUT2D eigenvalue weighted by molar-refractivity contribution is 1.15. The molecule has 0 spiro atoms. The SMILES string of the molecule is N#Cc1c(-c2ccccn2)c(-c2ccccn2)c(-c2ccccn2)c(-c2ccccn2)c1-n1c2ccccc2c2cc3c4ccccc4n(-c4ccccc4)c3cc21. The first-order valence-corrected chi connectivity index (χ1v) is 19.1. The van der Waals surface area contributed by atoms with Gasteiger partial charge in [-0.25, -0.2) is 0 Å². The zero-order chi connectivity index (χ0) is 38.6. The van der Waals surface area contributed by atoms with E-state index in [1.165, 1.54) is 5.39 Å². The van der Waals surface area contributed by atoms with Gasteiger partial charge < -0.3 is 9.13 Å². The monoisotopic (exact) mass is 741 g/mol. The molecule has 0 N–H and O–H groups in total. The molecule has 58 heavy (non-hydrogen) atoms. The van der Waals surface area contributed by atoms with Crippen molar-refractivity contribution in [2.45, 2.75) is 0 Å². The Kier molecular flexibility index (Phi) is 7.73. The molecule has 0 saturated heterocycles. The predicted octanol–water partition coefficient (Wildman–Crippen LogP) is 12.0. The molecule has 270 valence electrons. The summed E-state index contributed by atoms with van der Waals surface area (Å²) in [6.45, 7) is 0. The second-order valence-electron chi connectivity index (χ2n) is 14.1. The Bertz CT molecular complexity index is 3370. The summed E-state index contributed by atoms with van der Waals surface area (Å²) in [4.78, 5) is 19.9. The van der Waals surface area contributed by atoms with Gasteiger partial charge in [0.25, 0.3) is 0 Å². The molecule has 0 atom stereocenters. The van der Waals surface area contributed by atoms with Gasteiger partial charge in [0.1, 0.15) is 6.07 Å². The molecule has 0 amide bonds. The highest BCUT2D eigenvalue weighted by molar-refractivity contribution is 6.20. The molecule has 6 heterocycles. The third-order valence-corrected chi connectivity index (χ3v) is 11.0. The number of rotatable bonds is 6. The topological polar surface area (TPSA) is 85.2 Å². The summed E-state index contributed by atoms with van der Waals surface area (Å²) >= 11 is 0. The van der Waals surface area contributed by atoms with Crippen LogP contribution in [-0.2, 0) is 0 Å². The van der Waals surface area contributed by atoms with E-state index in [4.69, 9.17) is 19.9 Å². The maximum absolute atomic E-state index is 11.7. The Hall–Kier alpha value is -8.21. The van der Waals surface area contributed by atoms with Crippen molar-refractivity contribution in [1.29, 1.82) is 5.26 Å². The van der Waals surface area contributed by atoms with E-state index in [-0.39, 0.29) is 0 Å². The molecule has 7 heteroatoms. The van der Waals surface area contributed by atoms with Gasteiger partial charge >= 0.3 is 0 Å². The summed E-state index contributed by atoms with van der Waals surface area (Å²) in [5, 5.41) is 16.2. The molecule has 6 aromatic heterocycles. The first-order chi connectivity index (χ1) is 28.8. The first kappa shape index (κ1) is 33.2. The molecule has 0 radical (unpaired) electrons. The van der Waals surface area contributed by atoms with Crippen LogP contribution in [-0.4, -0.2) is 29.1 Å². The number of hydrogen-bond acceptors (Lipinski definition) is 5. The average molecular weight is 742 g/mol. The van der Waals surface area contributed by atoms with E-state index in [0.29, 0.717) is 33.9 Å². The van der Waals surface area contributed by atoms with Gasteiger partial charge in [-0.05, 0) is 84.9 Å². The van der Waals surface area contributed by atoms with Crippen LogP contribution in [0, 0.1) is 11.3 Å². The molecule has 7 nitrogen and oxygen atoms in total. The van der Waals surface area contributed by atoms with Gasteiger partial charge in [-0.1, -0.05) is 78.9 Å². The fourth-order valence-electron chi connectivity index (χ4n) is 8.66. The number of nitriles is 1. The van der Waals surface area contributed by atoms with E-state index in [2.05, 4.69) is 100 Å². The van der Waals surface area contributed by atoms with Crippen LogP contribution in [0.3, 0.4) is 0 Å². The highest BCUT2D eigenvalue weighted by Gasteiger charge is 2.32. The molecule has 0 aliphatic carbocycles. The van der Waals surface area contributed by atoms with Crippen LogP contribution in [0.4, 0.5) is 0 Å². The first-order valence-electron chi connectivity index (χ1n) is 19.1. The van der Waals surface area contributed by atoms with Crippen molar-refractivity contribution < 1.29 is 0 Å². The van der Waals surface area contributed by atoms with Crippen LogP contribution in [0.2, 0.25) is 0 Å². The molecule has 5 aromatic carbocycles. The number of benzene rings is 5. The lowest BCUT2D eigenvalue weighted by atomic mass is 9.83. The van der Waals surface area contributed by atoms with E-state index >= 15 is 0 Å². The number of pyridine rings is 4. The van der Waals surface area contributed by atoms with E-state index in [9.17, 15) is 5.26 Å². The number of aromatic nitrogens is 6. The van der Waals surface area contributed by atoms with Crippen LogP contribution in [0.1, 0.15) is 5.56 Å². The van der Waals surface area contributed by atoms with Crippen molar-refractivity contribution in [2.24, 2.45) is 0 Å². The van der Waals surface area contributed by atoms with Crippen molar-refractivity contribution in [2.75, 3.05) is 0 Å². The smallest absolute Gasteiger partial charge is 0.102 e. The second-order valence-corrected chi connectivity index (χ2v) is 14.1. The lowest BCUT2D eigenvalue weighted by Crippen LogP contribution is -2.09. The van der Waals surface area contributed by atoms with Gasteiger partial charge in [-0.3, -0.25) is 19.9 Å². The Morgan fingerprint density at radius 1 is 0.362 bits per heavy atom. The number of hydrogen-bond donors (Lipinski definition) is 0. The third kappa shape index (κ3) is 5.06. The highest BCUT2D eigenvalue weighted by Crippen LogP contribution is 2.51. The lowest BCUT2D eigenvalue weighted by Gasteiger charge is -2.25. The Balaban J connectivity index is 1.41. The van der Waals surface area contributed by atoms with E-state index in [1.807, 2.05) is 78.9 Å². The summed E-state index contributed by atoms with van der Waals surface area (Å²) in [5.41, 5.74) is 12.1. The zero-order valence-electron chi connectivity index (χ0n) is 31.0. The Morgan fingerprint density at radius 2 is 0.793 bits per heavy atom. The van der Waals surface area contributed by atoms with Crippen molar-refractivity contribution >= 4 is 43.6 Å². The van der Waals surface area contributed by atoms with E-state index in [1.54, 1.807) is 24.8 Å². The molecule has 0 fully saturated rings. The molecule has 0 aliphatic heterocycles. The molecular weight excluding hydrogens is 711 g/mol. The minimum Gasteiger partial charge on any atom is -0.309 e. The third-order valence-electron chi connectivity index (χ3n) is 11.0. The standard InChI is InChI=1S/C51H31N7/c52-32-38-47(39-20-8-12-26-53-39)48(40-21-9-13-27-54-40)49(41-22-10-14-28-55-41)50(42-23-11-15-29-56-42)51(38)58-44-25-7-5-19-35(44)37-30-36-34-18-4-6-24-43(34)57(45(36)31-46(37)58)33-16-2-1-3-17-33/h1-31H. The van der Waals surface area contributed by atoms with E-state index < -0.39 is 0 Å². The van der Waals surface area contributed by atoms with Crippen molar-refractivity contribution in [3.05, 3.63) is 194 Å². The zero-order valence-corrected chi connectivity index (χ0v) is 31.0. The minimum absolute atomic E-state index is 0.450. The van der Waals surface area contributed by atoms with Gasteiger partial charge in [-0.15, -0.1) is 0 Å². The van der Waals surface area contributed by atoms with Crippen molar-refractivity contribution in [3.8, 4) is 62.5 Å². The van der Waals surface area contributed by atoms with Crippen LogP contribution in [0.15, 0.2) is 189 Å². The number of nitrogens with zero attached hydrogens (tertiary/aromatic N) is 7. The summed E-state index contributed by atoms with van der Waals surface area (Å²) in [7, 11) is 0. The Labute approximate surface area is 333 Å². The van der Waals surface area contributed by atoms with Gasteiger partial charge in [0.2, 0.25) is 0 Å². The van der Waals surface area contributed by atoms with Gasteiger partial charge in [0, 0.05) is 74.3 Å². The van der Waals surface area contributed by atoms with E-state index in [0.717, 1.165) is 66.3 Å². The van der Waals surface area contributed by atoms with Crippen LogP contribution in [0.25, 0.3) is 100 Å². The van der Waals surface area contributed by atoms with Gasteiger partial charge in [0.15, 0.2) is 0 Å². The van der Waals surface area contributed by atoms with Gasteiger partial charge in [0.05, 0.1) is 56.1 Å². The normalized spacial score (nSPS) is 11.4. The summed E-state index contributed by atoms with van der Waals surface area (Å²) < 4.78 is 4.60. The maximum atomic E-state index is 11.7. The number of para-hydroxylation sites is 3. The maximum Gasteiger partial charge on any atom is 0.102 e. The molecule has 0 aliphatic rings. The molecule has 0 bridgehead atoms. The minimum atomic E-state index is 0.450. The highest BCUT2D eigenvalue weighted by atomic mass is 15.0. The predicted molar refractivity (Wildman–Crippen MR) is 233 cm³/mol. The summed E-state index contributed by atoms with van der Waals surface area (Å²) in [5.74, 6) is 0. The quantitative estimate of drug-likeness (QED) is 0.169. The Morgan fingerprint density at radius 3 is 1.31 bits per heavy atom. The second kappa shape index (κ2) is 13.5.